The Bertz CT molecular complexity index is 601. The van der Waals surface area contributed by atoms with E-state index in [9.17, 15) is 4.79 Å². The summed E-state index contributed by atoms with van der Waals surface area (Å²) in [5.74, 6) is 0. The lowest BCUT2D eigenvalue weighted by Crippen LogP contribution is -2.09. The Balaban J connectivity index is 3.20. The second-order valence-electron chi connectivity index (χ2n) is 14.7. The quantitative estimate of drug-likeness (QED) is 0.0369. The standard InChI is InChI=1S/C45H86O3/c1-3-5-7-9-11-13-15-17-19-21-23-25-27-29-31-33-35-37-39-41-43-47-45(46)48-44-42-40-38-36-34-32-30-28-26-24-22-20-18-16-14-12-10-8-6-4-2/h17-20H,3-16,21-44H2,1-2H3/b19-17-,20-18-. The molecular formula is C45H86O3. The van der Waals surface area contributed by atoms with Crippen molar-refractivity contribution in [1.29, 1.82) is 0 Å². The molecule has 0 aromatic rings. The van der Waals surface area contributed by atoms with E-state index in [0.717, 1.165) is 25.7 Å². The van der Waals surface area contributed by atoms with Crippen LogP contribution in [0, 0.1) is 0 Å². The smallest absolute Gasteiger partial charge is 0.434 e. The molecule has 0 aromatic carbocycles. The molecular weight excluding hydrogens is 588 g/mol. The van der Waals surface area contributed by atoms with E-state index in [1.54, 1.807) is 0 Å². The van der Waals surface area contributed by atoms with Gasteiger partial charge in [-0.25, -0.2) is 4.79 Å². The average Bonchev–Trinajstić information content (AvgIpc) is 3.09. The maximum absolute atomic E-state index is 11.8. The third-order valence-electron chi connectivity index (χ3n) is 9.75. The number of ether oxygens (including phenoxy) is 2. The van der Waals surface area contributed by atoms with E-state index >= 15 is 0 Å². The van der Waals surface area contributed by atoms with E-state index in [1.807, 2.05) is 0 Å². The van der Waals surface area contributed by atoms with Crippen LogP contribution in [0.15, 0.2) is 24.3 Å². The van der Waals surface area contributed by atoms with Crippen molar-refractivity contribution >= 4 is 6.16 Å². The first-order valence-corrected chi connectivity index (χ1v) is 21.9. The van der Waals surface area contributed by atoms with Crippen LogP contribution < -0.4 is 0 Å². The van der Waals surface area contributed by atoms with Gasteiger partial charge in [0.25, 0.3) is 0 Å². The highest BCUT2D eigenvalue weighted by molar-refractivity contribution is 5.59. The number of carbonyl (C=O) groups excluding carboxylic acids is 1. The molecule has 0 amide bonds. The molecule has 0 aliphatic rings. The maximum Gasteiger partial charge on any atom is 0.508 e. The molecule has 3 heteroatoms. The van der Waals surface area contributed by atoms with Crippen molar-refractivity contribution in [2.75, 3.05) is 13.2 Å². The number of carbonyl (C=O) groups is 1. The maximum atomic E-state index is 11.8. The summed E-state index contributed by atoms with van der Waals surface area (Å²) in [7, 11) is 0. The van der Waals surface area contributed by atoms with Gasteiger partial charge in [-0.2, -0.15) is 0 Å². The molecule has 0 unspecified atom stereocenters. The summed E-state index contributed by atoms with van der Waals surface area (Å²) in [5, 5.41) is 0. The highest BCUT2D eigenvalue weighted by atomic mass is 16.7. The van der Waals surface area contributed by atoms with Crippen molar-refractivity contribution in [3.8, 4) is 0 Å². The molecule has 0 aliphatic heterocycles. The van der Waals surface area contributed by atoms with Crippen molar-refractivity contribution < 1.29 is 14.3 Å². The van der Waals surface area contributed by atoms with E-state index in [1.165, 1.54) is 205 Å². The summed E-state index contributed by atoms with van der Waals surface area (Å²) in [5.41, 5.74) is 0. The third-order valence-corrected chi connectivity index (χ3v) is 9.75. The topological polar surface area (TPSA) is 35.5 Å². The van der Waals surface area contributed by atoms with Gasteiger partial charge in [0.15, 0.2) is 0 Å². The third kappa shape index (κ3) is 42.8. The summed E-state index contributed by atoms with van der Waals surface area (Å²) in [6.45, 7) is 5.57. The fourth-order valence-corrected chi connectivity index (χ4v) is 6.47. The Hall–Kier alpha value is -1.25. The minimum absolute atomic E-state index is 0.475. The zero-order chi connectivity index (χ0) is 34.7. The van der Waals surface area contributed by atoms with Crippen molar-refractivity contribution in [2.45, 2.75) is 245 Å². The number of rotatable bonds is 40. The molecule has 0 bridgehead atoms. The predicted molar refractivity (Wildman–Crippen MR) is 213 cm³/mol. The Morgan fingerprint density at radius 3 is 0.771 bits per heavy atom. The molecule has 0 heterocycles. The van der Waals surface area contributed by atoms with Gasteiger partial charge in [0, 0.05) is 0 Å². The first-order chi connectivity index (χ1) is 23.8. The minimum Gasteiger partial charge on any atom is -0.434 e. The molecule has 0 spiro atoms. The van der Waals surface area contributed by atoms with Gasteiger partial charge in [-0.3, -0.25) is 0 Å². The molecule has 0 rings (SSSR count). The molecule has 0 fully saturated rings. The van der Waals surface area contributed by atoms with Crippen molar-refractivity contribution in [3.05, 3.63) is 24.3 Å². The molecule has 0 aromatic heterocycles. The summed E-state index contributed by atoms with van der Waals surface area (Å²) < 4.78 is 10.5. The molecule has 0 aliphatic carbocycles. The Morgan fingerprint density at radius 1 is 0.312 bits per heavy atom. The van der Waals surface area contributed by atoms with E-state index in [0.29, 0.717) is 13.2 Å². The monoisotopic (exact) mass is 675 g/mol. The van der Waals surface area contributed by atoms with Gasteiger partial charge in [-0.1, -0.05) is 205 Å². The van der Waals surface area contributed by atoms with E-state index in [2.05, 4.69) is 38.2 Å². The summed E-state index contributed by atoms with van der Waals surface area (Å²) in [4.78, 5) is 11.8. The van der Waals surface area contributed by atoms with Crippen LogP contribution >= 0.6 is 0 Å². The van der Waals surface area contributed by atoms with Crippen LogP contribution in [0.4, 0.5) is 4.79 Å². The molecule has 0 atom stereocenters. The van der Waals surface area contributed by atoms with Gasteiger partial charge < -0.3 is 9.47 Å². The summed E-state index contributed by atoms with van der Waals surface area (Å²) >= 11 is 0. The van der Waals surface area contributed by atoms with Crippen molar-refractivity contribution in [3.63, 3.8) is 0 Å². The Labute approximate surface area is 302 Å². The van der Waals surface area contributed by atoms with Gasteiger partial charge >= 0.3 is 6.16 Å². The summed E-state index contributed by atoms with van der Waals surface area (Å²) in [6.07, 6.45) is 56.8. The molecule has 0 radical (unpaired) electrons. The molecule has 0 N–H and O–H groups in total. The molecule has 3 nitrogen and oxygen atoms in total. The first-order valence-electron chi connectivity index (χ1n) is 21.9. The van der Waals surface area contributed by atoms with Crippen LogP contribution in [0.3, 0.4) is 0 Å². The molecule has 0 saturated heterocycles. The predicted octanol–water partition coefficient (Wildman–Crippen LogP) is 16.3. The second-order valence-corrected chi connectivity index (χ2v) is 14.7. The van der Waals surface area contributed by atoms with E-state index < -0.39 is 6.16 Å². The van der Waals surface area contributed by atoms with Gasteiger partial charge in [0.2, 0.25) is 0 Å². The van der Waals surface area contributed by atoms with Crippen LogP contribution in [-0.4, -0.2) is 19.4 Å². The number of unbranched alkanes of at least 4 members (excludes halogenated alkanes) is 32. The van der Waals surface area contributed by atoms with Crippen LogP contribution in [0.5, 0.6) is 0 Å². The van der Waals surface area contributed by atoms with Crippen molar-refractivity contribution in [2.24, 2.45) is 0 Å². The fraction of sp³-hybridized carbons (Fsp3) is 0.889. The highest BCUT2D eigenvalue weighted by Gasteiger charge is 2.03. The van der Waals surface area contributed by atoms with Gasteiger partial charge in [-0.15, -0.1) is 0 Å². The van der Waals surface area contributed by atoms with Crippen LogP contribution in [0.25, 0.3) is 0 Å². The second kappa shape index (κ2) is 43.8. The normalized spacial score (nSPS) is 11.7. The van der Waals surface area contributed by atoms with Crippen LogP contribution in [-0.2, 0) is 9.47 Å². The zero-order valence-electron chi connectivity index (χ0n) is 32.9. The lowest BCUT2D eigenvalue weighted by Gasteiger charge is -2.07. The van der Waals surface area contributed by atoms with Crippen molar-refractivity contribution in [1.82, 2.24) is 0 Å². The van der Waals surface area contributed by atoms with Gasteiger partial charge in [-0.05, 0) is 64.2 Å². The van der Waals surface area contributed by atoms with Crippen LogP contribution in [0.1, 0.15) is 245 Å². The van der Waals surface area contributed by atoms with Crippen LogP contribution in [0.2, 0.25) is 0 Å². The first kappa shape index (κ1) is 46.8. The molecule has 284 valence electrons. The lowest BCUT2D eigenvalue weighted by molar-refractivity contribution is 0.0529. The van der Waals surface area contributed by atoms with E-state index in [-0.39, 0.29) is 0 Å². The molecule has 0 saturated carbocycles. The SMILES string of the molecule is CCCCCCCC/C=C\CCCCCCCCCCCCOC(=O)OCCCCCCCCCCCC/C=C\CCCCCCCC. The van der Waals surface area contributed by atoms with Gasteiger partial charge in [0.1, 0.15) is 0 Å². The minimum atomic E-state index is -0.475. The lowest BCUT2D eigenvalue weighted by atomic mass is 10.1. The number of hydrogen-bond donors (Lipinski definition) is 0. The Morgan fingerprint density at radius 2 is 0.521 bits per heavy atom. The molecule has 48 heavy (non-hydrogen) atoms. The number of allylic oxidation sites excluding steroid dienone is 4. The zero-order valence-corrected chi connectivity index (χ0v) is 32.9. The van der Waals surface area contributed by atoms with Gasteiger partial charge in [0.05, 0.1) is 13.2 Å². The average molecular weight is 675 g/mol. The van der Waals surface area contributed by atoms with E-state index in [4.69, 9.17) is 9.47 Å². The number of hydrogen-bond acceptors (Lipinski definition) is 3. The Kier molecular flexibility index (Phi) is 42.6. The highest BCUT2D eigenvalue weighted by Crippen LogP contribution is 2.14. The summed E-state index contributed by atoms with van der Waals surface area (Å²) in [6, 6.07) is 0. The largest absolute Gasteiger partial charge is 0.508 e. The fourth-order valence-electron chi connectivity index (χ4n) is 6.47.